The number of aliphatic hydroxyl groups excluding tert-OH is 1. The van der Waals surface area contributed by atoms with Gasteiger partial charge in [0.05, 0.1) is 13.3 Å². The number of hydrogen-bond acceptors (Lipinski definition) is 3. The van der Waals surface area contributed by atoms with E-state index in [0.29, 0.717) is 6.42 Å². The van der Waals surface area contributed by atoms with E-state index in [1.807, 2.05) is 6.08 Å². The van der Waals surface area contributed by atoms with Crippen LogP contribution in [-0.4, -0.2) is 24.2 Å². The SMILES string of the molecule is CC/C=C\C/C=C\C/C=C\C/C=C\C/C=C\C/C=C\CCC(=O)CNCO. The fourth-order valence-electron chi connectivity index (χ4n) is 2.17. The summed E-state index contributed by atoms with van der Waals surface area (Å²) in [6, 6.07) is 0. The number of Topliss-reactive ketones (excluding diaryl/α,β-unsaturated/α-hetero) is 1. The smallest absolute Gasteiger partial charge is 0.146 e. The summed E-state index contributed by atoms with van der Waals surface area (Å²) in [6.07, 6.45) is 33.3. The molecule has 2 N–H and O–H groups in total. The zero-order valence-electron chi connectivity index (χ0n) is 16.9. The Kier molecular flexibility index (Phi) is 20.5. The molecule has 0 aromatic heterocycles. The van der Waals surface area contributed by atoms with Gasteiger partial charge in [0, 0.05) is 6.42 Å². The van der Waals surface area contributed by atoms with Gasteiger partial charge in [-0.25, -0.2) is 0 Å². The Hall–Kier alpha value is -1.97. The minimum absolute atomic E-state index is 0.128. The Morgan fingerprint density at radius 1 is 0.704 bits per heavy atom. The van der Waals surface area contributed by atoms with E-state index in [-0.39, 0.29) is 19.1 Å². The molecule has 0 fully saturated rings. The van der Waals surface area contributed by atoms with Crippen molar-refractivity contribution in [1.29, 1.82) is 0 Å². The summed E-state index contributed by atoms with van der Waals surface area (Å²) in [4.78, 5) is 11.3. The van der Waals surface area contributed by atoms with Gasteiger partial charge in [-0.2, -0.15) is 0 Å². The fraction of sp³-hybridized carbons (Fsp3) is 0.458. The van der Waals surface area contributed by atoms with Crippen molar-refractivity contribution in [3.05, 3.63) is 72.9 Å². The number of rotatable bonds is 17. The molecule has 0 unspecified atom stereocenters. The predicted molar refractivity (Wildman–Crippen MR) is 118 cm³/mol. The van der Waals surface area contributed by atoms with E-state index in [9.17, 15) is 4.79 Å². The molecule has 0 aromatic carbocycles. The molecule has 0 aromatic rings. The van der Waals surface area contributed by atoms with Gasteiger partial charge in [-0.05, 0) is 44.9 Å². The van der Waals surface area contributed by atoms with Gasteiger partial charge in [-0.15, -0.1) is 0 Å². The minimum atomic E-state index is -0.147. The monoisotopic (exact) mass is 371 g/mol. The average Bonchev–Trinajstić information content (AvgIpc) is 2.68. The van der Waals surface area contributed by atoms with Gasteiger partial charge in [0.25, 0.3) is 0 Å². The van der Waals surface area contributed by atoms with Crippen molar-refractivity contribution in [2.45, 2.75) is 58.3 Å². The average molecular weight is 372 g/mol. The number of hydrogen-bond donors (Lipinski definition) is 2. The summed E-state index contributed by atoms with van der Waals surface area (Å²) >= 11 is 0. The lowest BCUT2D eigenvalue weighted by atomic mass is 10.2. The van der Waals surface area contributed by atoms with E-state index < -0.39 is 0 Å². The Balaban J connectivity index is 3.54. The van der Waals surface area contributed by atoms with Crippen molar-refractivity contribution in [2.75, 3.05) is 13.3 Å². The highest BCUT2D eigenvalue weighted by Gasteiger charge is 1.97. The van der Waals surface area contributed by atoms with E-state index in [1.54, 1.807) is 0 Å². The molecule has 3 heteroatoms. The third kappa shape index (κ3) is 22.0. The van der Waals surface area contributed by atoms with Gasteiger partial charge in [0.1, 0.15) is 5.78 Å². The van der Waals surface area contributed by atoms with Crippen molar-refractivity contribution in [3.8, 4) is 0 Å². The normalized spacial score (nSPS) is 13.0. The van der Waals surface area contributed by atoms with Crippen molar-refractivity contribution >= 4 is 5.78 Å². The summed E-state index contributed by atoms with van der Waals surface area (Å²) in [5.41, 5.74) is 0. The zero-order valence-corrected chi connectivity index (χ0v) is 16.9. The molecule has 0 aliphatic carbocycles. The summed E-state index contributed by atoms with van der Waals surface area (Å²) in [7, 11) is 0. The molecule has 27 heavy (non-hydrogen) atoms. The Morgan fingerprint density at radius 3 is 1.52 bits per heavy atom. The van der Waals surface area contributed by atoms with Crippen molar-refractivity contribution in [3.63, 3.8) is 0 Å². The molecule has 0 heterocycles. The topological polar surface area (TPSA) is 49.3 Å². The van der Waals surface area contributed by atoms with Crippen LogP contribution in [0.5, 0.6) is 0 Å². The maximum Gasteiger partial charge on any atom is 0.146 e. The maximum absolute atomic E-state index is 11.3. The quantitative estimate of drug-likeness (QED) is 0.259. The van der Waals surface area contributed by atoms with E-state index in [0.717, 1.165) is 44.9 Å². The molecule has 0 saturated heterocycles. The highest BCUT2D eigenvalue weighted by Crippen LogP contribution is 1.98. The van der Waals surface area contributed by atoms with Crippen LogP contribution in [0.4, 0.5) is 0 Å². The minimum Gasteiger partial charge on any atom is -0.381 e. The lowest BCUT2D eigenvalue weighted by molar-refractivity contribution is -0.118. The molecule has 0 radical (unpaired) electrons. The van der Waals surface area contributed by atoms with Crippen LogP contribution < -0.4 is 5.32 Å². The van der Waals surface area contributed by atoms with E-state index >= 15 is 0 Å². The van der Waals surface area contributed by atoms with E-state index in [2.05, 4.69) is 79.1 Å². The van der Waals surface area contributed by atoms with Crippen molar-refractivity contribution in [1.82, 2.24) is 5.32 Å². The van der Waals surface area contributed by atoms with Gasteiger partial charge in [0.2, 0.25) is 0 Å². The van der Waals surface area contributed by atoms with Crippen LogP contribution in [0.2, 0.25) is 0 Å². The molecule has 0 bridgehead atoms. The molecular formula is C24H37NO2. The van der Waals surface area contributed by atoms with Crippen LogP contribution in [0, 0.1) is 0 Å². The Labute approximate surface area is 166 Å². The molecule has 0 rings (SSSR count). The Bertz CT molecular complexity index is 510. The summed E-state index contributed by atoms with van der Waals surface area (Å²) in [5, 5.41) is 11.2. The van der Waals surface area contributed by atoms with Gasteiger partial charge in [-0.1, -0.05) is 79.8 Å². The van der Waals surface area contributed by atoms with Crippen LogP contribution in [0.1, 0.15) is 58.3 Å². The first-order valence-electron chi connectivity index (χ1n) is 10.0. The van der Waals surface area contributed by atoms with E-state index in [4.69, 9.17) is 5.11 Å². The van der Waals surface area contributed by atoms with Gasteiger partial charge in [-0.3, -0.25) is 10.1 Å². The number of carbonyl (C=O) groups excluding carboxylic acids is 1. The molecule has 0 atom stereocenters. The highest BCUT2D eigenvalue weighted by atomic mass is 16.3. The first kappa shape index (κ1) is 25.0. The molecule has 0 aliphatic rings. The van der Waals surface area contributed by atoms with Crippen LogP contribution in [-0.2, 0) is 4.79 Å². The van der Waals surface area contributed by atoms with Crippen molar-refractivity contribution in [2.24, 2.45) is 0 Å². The third-order valence-electron chi connectivity index (χ3n) is 3.62. The number of allylic oxidation sites excluding steroid dienone is 12. The summed E-state index contributed by atoms with van der Waals surface area (Å²) in [5.74, 6) is 0.128. The molecule has 150 valence electrons. The predicted octanol–water partition coefficient (Wildman–Crippen LogP) is 5.57. The number of nitrogens with one attached hydrogen (secondary N) is 1. The number of ketones is 1. The molecule has 0 aliphatic heterocycles. The fourth-order valence-corrected chi connectivity index (χ4v) is 2.17. The first-order chi connectivity index (χ1) is 13.3. The van der Waals surface area contributed by atoms with Crippen molar-refractivity contribution < 1.29 is 9.90 Å². The lowest BCUT2D eigenvalue weighted by Gasteiger charge is -1.97. The third-order valence-corrected chi connectivity index (χ3v) is 3.62. The first-order valence-corrected chi connectivity index (χ1v) is 10.0. The number of carbonyl (C=O) groups is 1. The Morgan fingerprint density at radius 2 is 1.11 bits per heavy atom. The van der Waals surface area contributed by atoms with Crippen LogP contribution >= 0.6 is 0 Å². The second kappa shape index (κ2) is 22.1. The van der Waals surface area contributed by atoms with Crippen LogP contribution in [0.15, 0.2) is 72.9 Å². The molecule has 3 nitrogen and oxygen atoms in total. The molecule has 0 saturated carbocycles. The summed E-state index contributed by atoms with van der Waals surface area (Å²) < 4.78 is 0. The zero-order chi connectivity index (χ0) is 19.8. The van der Waals surface area contributed by atoms with Crippen LogP contribution in [0.3, 0.4) is 0 Å². The van der Waals surface area contributed by atoms with Gasteiger partial charge >= 0.3 is 0 Å². The molecule has 0 amide bonds. The molecule has 0 spiro atoms. The highest BCUT2D eigenvalue weighted by molar-refractivity contribution is 5.80. The molecular weight excluding hydrogens is 334 g/mol. The van der Waals surface area contributed by atoms with E-state index in [1.165, 1.54) is 0 Å². The standard InChI is InChI=1S/C24H37NO2/c1-2-3-4-5-6-7-8-9-10-11-12-13-14-15-16-17-18-19-20-21-24(27)22-25-23-26/h3-4,6-7,9-10,12-13,15-16,18-19,25-26H,2,5,8,11,14,17,20-23H2,1H3/b4-3-,7-6-,10-9-,13-12-,16-15-,19-18-. The second-order valence-corrected chi connectivity index (χ2v) is 6.08. The maximum atomic E-state index is 11.3. The van der Waals surface area contributed by atoms with Crippen LogP contribution in [0.25, 0.3) is 0 Å². The number of aliphatic hydroxyl groups is 1. The second-order valence-electron chi connectivity index (χ2n) is 6.08. The largest absolute Gasteiger partial charge is 0.381 e. The lowest BCUT2D eigenvalue weighted by Crippen LogP contribution is -2.23. The van der Waals surface area contributed by atoms with Gasteiger partial charge in [0.15, 0.2) is 0 Å². The summed E-state index contributed by atoms with van der Waals surface area (Å²) in [6.45, 7) is 2.25. The van der Waals surface area contributed by atoms with Gasteiger partial charge < -0.3 is 5.11 Å².